The maximum absolute atomic E-state index is 11.4. The number of sulfone groups is 1. The van der Waals surface area contributed by atoms with Gasteiger partial charge in [-0.15, -0.1) is 0 Å². The molecule has 1 rings (SSSR count). The molecule has 108 valence electrons. The fourth-order valence-corrected chi connectivity index (χ4v) is 2.54. The Bertz CT molecular complexity index is 482. The van der Waals surface area contributed by atoms with Crippen molar-refractivity contribution < 1.29 is 13.2 Å². The number of hydrogen-bond acceptors (Lipinski definition) is 4. The lowest BCUT2D eigenvalue weighted by molar-refractivity contribution is 0.183. The summed E-state index contributed by atoms with van der Waals surface area (Å²) in [6.45, 7) is 4.91. The molecule has 0 spiro atoms. The van der Waals surface area contributed by atoms with Gasteiger partial charge in [0.1, 0.15) is 0 Å². The SMILES string of the molecule is COCCC(C)NC(C)c1ccc(S(C)(=O)=O)cc1. The lowest BCUT2D eigenvalue weighted by Gasteiger charge is -2.20. The quantitative estimate of drug-likeness (QED) is 0.834. The highest BCUT2D eigenvalue weighted by Gasteiger charge is 2.11. The van der Waals surface area contributed by atoms with Gasteiger partial charge in [-0.3, -0.25) is 0 Å². The lowest BCUT2D eigenvalue weighted by atomic mass is 10.1. The Balaban J connectivity index is 2.65. The third-order valence-corrected chi connectivity index (χ3v) is 4.23. The Kier molecular flexibility index (Phi) is 5.97. The molecule has 2 atom stereocenters. The van der Waals surface area contributed by atoms with E-state index in [1.807, 2.05) is 12.1 Å². The molecule has 1 aromatic carbocycles. The van der Waals surface area contributed by atoms with Crippen molar-refractivity contribution in [1.29, 1.82) is 0 Å². The van der Waals surface area contributed by atoms with Gasteiger partial charge < -0.3 is 10.1 Å². The van der Waals surface area contributed by atoms with Gasteiger partial charge in [0.25, 0.3) is 0 Å². The van der Waals surface area contributed by atoms with Crippen LogP contribution in [0.5, 0.6) is 0 Å². The maximum Gasteiger partial charge on any atom is 0.175 e. The minimum atomic E-state index is -3.12. The number of rotatable bonds is 7. The van der Waals surface area contributed by atoms with Gasteiger partial charge in [-0.1, -0.05) is 12.1 Å². The zero-order valence-corrected chi connectivity index (χ0v) is 12.8. The topological polar surface area (TPSA) is 55.4 Å². The fraction of sp³-hybridized carbons (Fsp3) is 0.571. The largest absolute Gasteiger partial charge is 0.385 e. The summed E-state index contributed by atoms with van der Waals surface area (Å²) in [5.41, 5.74) is 1.08. The first-order valence-corrected chi connectivity index (χ1v) is 8.28. The van der Waals surface area contributed by atoms with Crippen molar-refractivity contribution in [3.8, 4) is 0 Å². The molecule has 1 N–H and O–H groups in total. The molecule has 0 heterocycles. The van der Waals surface area contributed by atoms with Crippen molar-refractivity contribution in [3.05, 3.63) is 29.8 Å². The van der Waals surface area contributed by atoms with E-state index in [-0.39, 0.29) is 6.04 Å². The smallest absolute Gasteiger partial charge is 0.175 e. The molecule has 0 aliphatic rings. The predicted molar refractivity (Wildman–Crippen MR) is 77.1 cm³/mol. The summed E-state index contributed by atoms with van der Waals surface area (Å²) in [5.74, 6) is 0. The van der Waals surface area contributed by atoms with Crippen molar-refractivity contribution in [2.24, 2.45) is 0 Å². The number of benzene rings is 1. The molecule has 19 heavy (non-hydrogen) atoms. The molecule has 1 aromatic rings. The molecule has 0 saturated carbocycles. The molecular weight excluding hydrogens is 262 g/mol. The molecule has 0 fully saturated rings. The second kappa shape index (κ2) is 7.03. The van der Waals surface area contributed by atoms with Crippen molar-refractivity contribution >= 4 is 9.84 Å². The average molecular weight is 285 g/mol. The van der Waals surface area contributed by atoms with Crippen LogP contribution in [0.4, 0.5) is 0 Å². The molecule has 0 amide bonds. The van der Waals surface area contributed by atoms with Crippen LogP contribution in [0.2, 0.25) is 0 Å². The van der Waals surface area contributed by atoms with Crippen LogP contribution >= 0.6 is 0 Å². The third-order valence-electron chi connectivity index (χ3n) is 3.10. The van der Waals surface area contributed by atoms with E-state index in [4.69, 9.17) is 4.74 Å². The van der Waals surface area contributed by atoms with E-state index in [2.05, 4.69) is 19.2 Å². The second-order valence-electron chi connectivity index (χ2n) is 4.91. The molecule has 2 unspecified atom stereocenters. The average Bonchev–Trinajstić information content (AvgIpc) is 2.35. The molecule has 0 bridgehead atoms. The molecule has 5 heteroatoms. The van der Waals surface area contributed by atoms with Crippen molar-refractivity contribution in [2.75, 3.05) is 20.0 Å². The normalized spacial score (nSPS) is 15.2. The Labute approximate surface area is 116 Å². The Morgan fingerprint density at radius 1 is 1.21 bits per heavy atom. The van der Waals surface area contributed by atoms with E-state index >= 15 is 0 Å². The number of methoxy groups -OCH3 is 1. The summed E-state index contributed by atoms with van der Waals surface area (Å²) < 4.78 is 27.8. The van der Waals surface area contributed by atoms with Crippen LogP contribution in [0.15, 0.2) is 29.2 Å². The summed E-state index contributed by atoms with van der Waals surface area (Å²) >= 11 is 0. The number of hydrogen-bond donors (Lipinski definition) is 1. The van der Waals surface area contributed by atoms with Gasteiger partial charge in [-0.05, 0) is 38.0 Å². The monoisotopic (exact) mass is 285 g/mol. The standard InChI is InChI=1S/C14H23NO3S/c1-11(9-10-18-3)15-12(2)13-5-7-14(8-6-13)19(4,16)17/h5-8,11-12,15H,9-10H2,1-4H3. The molecule has 0 aliphatic carbocycles. The molecule has 0 saturated heterocycles. The van der Waals surface area contributed by atoms with E-state index in [9.17, 15) is 8.42 Å². The van der Waals surface area contributed by atoms with Crippen LogP contribution in [0, 0.1) is 0 Å². The molecule has 0 aromatic heterocycles. The minimum Gasteiger partial charge on any atom is -0.385 e. The van der Waals surface area contributed by atoms with E-state index in [1.54, 1.807) is 19.2 Å². The van der Waals surface area contributed by atoms with Crippen LogP contribution in [0.25, 0.3) is 0 Å². The van der Waals surface area contributed by atoms with Crippen LogP contribution in [-0.2, 0) is 14.6 Å². The van der Waals surface area contributed by atoms with E-state index in [1.165, 1.54) is 6.26 Å². The first-order valence-electron chi connectivity index (χ1n) is 6.39. The van der Waals surface area contributed by atoms with Crippen LogP contribution in [0.1, 0.15) is 31.9 Å². The van der Waals surface area contributed by atoms with E-state index < -0.39 is 9.84 Å². The summed E-state index contributed by atoms with van der Waals surface area (Å²) in [6.07, 6.45) is 2.17. The molecule has 0 aliphatic heterocycles. The van der Waals surface area contributed by atoms with Gasteiger partial charge in [0.15, 0.2) is 9.84 Å². The van der Waals surface area contributed by atoms with Gasteiger partial charge in [0.05, 0.1) is 4.90 Å². The van der Waals surface area contributed by atoms with Gasteiger partial charge in [-0.25, -0.2) is 8.42 Å². The first-order chi connectivity index (χ1) is 8.84. The second-order valence-corrected chi connectivity index (χ2v) is 6.93. The highest BCUT2D eigenvalue weighted by atomic mass is 32.2. The fourth-order valence-electron chi connectivity index (χ4n) is 1.90. The van der Waals surface area contributed by atoms with E-state index in [0.717, 1.165) is 18.6 Å². The number of nitrogens with one attached hydrogen (secondary N) is 1. The lowest BCUT2D eigenvalue weighted by Crippen LogP contribution is -2.29. The van der Waals surface area contributed by atoms with Crippen molar-refractivity contribution in [2.45, 2.75) is 37.2 Å². The van der Waals surface area contributed by atoms with Gasteiger partial charge in [0.2, 0.25) is 0 Å². The highest BCUT2D eigenvalue weighted by Crippen LogP contribution is 2.17. The zero-order valence-electron chi connectivity index (χ0n) is 12.0. The molecule has 4 nitrogen and oxygen atoms in total. The molecule has 0 radical (unpaired) electrons. The van der Waals surface area contributed by atoms with Crippen molar-refractivity contribution in [3.63, 3.8) is 0 Å². The van der Waals surface area contributed by atoms with Gasteiger partial charge in [-0.2, -0.15) is 0 Å². The van der Waals surface area contributed by atoms with Crippen LogP contribution in [-0.4, -0.2) is 34.4 Å². The van der Waals surface area contributed by atoms with Crippen LogP contribution < -0.4 is 5.32 Å². The summed E-state index contributed by atoms with van der Waals surface area (Å²) in [6, 6.07) is 7.56. The highest BCUT2D eigenvalue weighted by molar-refractivity contribution is 7.90. The van der Waals surface area contributed by atoms with E-state index in [0.29, 0.717) is 10.9 Å². The maximum atomic E-state index is 11.4. The summed E-state index contributed by atoms with van der Waals surface area (Å²) in [7, 11) is -1.42. The van der Waals surface area contributed by atoms with Crippen LogP contribution in [0.3, 0.4) is 0 Å². The minimum absolute atomic E-state index is 0.181. The van der Waals surface area contributed by atoms with Gasteiger partial charge >= 0.3 is 0 Å². The third kappa shape index (κ3) is 5.30. The zero-order chi connectivity index (χ0) is 14.5. The summed E-state index contributed by atoms with van der Waals surface area (Å²) in [4.78, 5) is 0.357. The Morgan fingerprint density at radius 3 is 2.26 bits per heavy atom. The Hall–Kier alpha value is -0.910. The number of ether oxygens (including phenoxy) is 1. The van der Waals surface area contributed by atoms with Crippen molar-refractivity contribution in [1.82, 2.24) is 5.32 Å². The Morgan fingerprint density at radius 2 is 1.79 bits per heavy atom. The predicted octanol–water partition coefficient (Wildman–Crippen LogP) is 2.17. The first kappa shape index (κ1) is 16.1. The summed E-state index contributed by atoms with van der Waals surface area (Å²) in [5, 5.41) is 3.46. The molecular formula is C14H23NO3S. The van der Waals surface area contributed by atoms with Gasteiger partial charge in [0, 0.05) is 32.1 Å².